The van der Waals surface area contributed by atoms with Crippen LogP contribution in [-0.4, -0.2) is 5.91 Å². The second-order valence-electron chi connectivity index (χ2n) is 3.91. The fraction of sp³-hybridized carbons (Fsp3) is 0.0714. The van der Waals surface area contributed by atoms with Crippen molar-refractivity contribution in [2.45, 2.75) is 5.88 Å². The quantitative estimate of drug-likeness (QED) is 0.611. The SMILES string of the molecule is O=C(Nc1ccc(CCl)cc1)c1ccc(F)cc1I. The molecule has 2 aromatic rings. The van der Waals surface area contributed by atoms with Crippen molar-refractivity contribution in [3.05, 3.63) is 63.0 Å². The van der Waals surface area contributed by atoms with Crippen molar-refractivity contribution in [2.75, 3.05) is 5.32 Å². The minimum absolute atomic E-state index is 0.261. The molecule has 0 aliphatic heterocycles. The van der Waals surface area contributed by atoms with Crippen LogP contribution < -0.4 is 5.32 Å². The van der Waals surface area contributed by atoms with E-state index >= 15 is 0 Å². The van der Waals surface area contributed by atoms with E-state index < -0.39 is 0 Å². The van der Waals surface area contributed by atoms with Gasteiger partial charge in [-0.1, -0.05) is 12.1 Å². The van der Waals surface area contributed by atoms with E-state index in [4.69, 9.17) is 11.6 Å². The molecular weight excluding hydrogens is 380 g/mol. The molecule has 0 unspecified atom stereocenters. The molecule has 2 nitrogen and oxygen atoms in total. The van der Waals surface area contributed by atoms with Crippen molar-refractivity contribution in [1.82, 2.24) is 0 Å². The van der Waals surface area contributed by atoms with E-state index in [0.717, 1.165) is 5.56 Å². The number of carbonyl (C=O) groups is 1. The zero-order chi connectivity index (χ0) is 13.8. The summed E-state index contributed by atoms with van der Waals surface area (Å²) < 4.78 is 13.5. The lowest BCUT2D eigenvalue weighted by Gasteiger charge is -2.07. The molecule has 0 aliphatic rings. The van der Waals surface area contributed by atoms with E-state index in [2.05, 4.69) is 5.32 Å². The molecule has 98 valence electrons. The third-order valence-corrected chi connectivity index (χ3v) is 3.74. The van der Waals surface area contributed by atoms with E-state index in [-0.39, 0.29) is 11.7 Å². The summed E-state index contributed by atoms with van der Waals surface area (Å²) >= 11 is 7.63. The Morgan fingerprint density at radius 3 is 2.47 bits per heavy atom. The van der Waals surface area contributed by atoms with Crippen molar-refractivity contribution in [1.29, 1.82) is 0 Å². The van der Waals surface area contributed by atoms with E-state index in [1.807, 2.05) is 34.7 Å². The normalized spacial score (nSPS) is 10.3. The van der Waals surface area contributed by atoms with Gasteiger partial charge in [-0.15, -0.1) is 11.6 Å². The van der Waals surface area contributed by atoms with Crippen molar-refractivity contribution >= 4 is 45.8 Å². The number of benzene rings is 2. The maximum Gasteiger partial charge on any atom is 0.256 e. The van der Waals surface area contributed by atoms with Gasteiger partial charge in [0.25, 0.3) is 5.91 Å². The molecule has 0 spiro atoms. The smallest absolute Gasteiger partial charge is 0.256 e. The van der Waals surface area contributed by atoms with Crippen LogP contribution in [0.1, 0.15) is 15.9 Å². The predicted octanol–water partition coefficient (Wildman–Crippen LogP) is 4.42. The fourth-order valence-corrected chi connectivity index (χ4v) is 2.45. The number of rotatable bonds is 3. The van der Waals surface area contributed by atoms with Gasteiger partial charge in [0, 0.05) is 15.1 Å². The Morgan fingerprint density at radius 1 is 1.21 bits per heavy atom. The van der Waals surface area contributed by atoms with Gasteiger partial charge in [0.15, 0.2) is 0 Å². The molecule has 19 heavy (non-hydrogen) atoms. The van der Waals surface area contributed by atoms with Crippen molar-refractivity contribution in [2.24, 2.45) is 0 Å². The van der Waals surface area contributed by atoms with Gasteiger partial charge in [-0.3, -0.25) is 4.79 Å². The molecule has 2 aromatic carbocycles. The van der Waals surface area contributed by atoms with Crippen LogP contribution >= 0.6 is 34.2 Å². The highest BCUT2D eigenvalue weighted by Crippen LogP contribution is 2.17. The topological polar surface area (TPSA) is 29.1 Å². The number of halogens is 3. The molecule has 0 bridgehead atoms. The van der Waals surface area contributed by atoms with Crippen molar-refractivity contribution in [3.8, 4) is 0 Å². The first-order chi connectivity index (χ1) is 9.10. The molecule has 5 heteroatoms. The third-order valence-electron chi connectivity index (χ3n) is 2.54. The van der Waals surface area contributed by atoms with E-state index in [9.17, 15) is 9.18 Å². The number of carbonyl (C=O) groups excluding carboxylic acids is 1. The summed E-state index contributed by atoms with van der Waals surface area (Å²) in [4.78, 5) is 12.0. The monoisotopic (exact) mass is 389 g/mol. The van der Waals surface area contributed by atoms with Crippen LogP contribution in [0.25, 0.3) is 0 Å². The Bertz CT molecular complexity index is 601. The van der Waals surface area contributed by atoms with Gasteiger partial charge >= 0.3 is 0 Å². The fourth-order valence-electron chi connectivity index (χ4n) is 1.55. The van der Waals surface area contributed by atoms with Crippen LogP contribution in [0.3, 0.4) is 0 Å². The summed E-state index contributed by atoms with van der Waals surface area (Å²) in [6.45, 7) is 0. The zero-order valence-corrected chi connectivity index (χ0v) is 12.7. The molecule has 0 atom stereocenters. The molecule has 0 aliphatic carbocycles. The van der Waals surface area contributed by atoms with E-state index in [1.165, 1.54) is 18.2 Å². The molecule has 0 saturated carbocycles. The van der Waals surface area contributed by atoms with Gasteiger partial charge in [0.2, 0.25) is 0 Å². The molecule has 2 rings (SSSR count). The second-order valence-corrected chi connectivity index (χ2v) is 5.34. The van der Waals surface area contributed by atoms with E-state index in [0.29, 0.717) is 20.7 Å². The van der Waals surface area contributed by atoms with Crippen LogP contribution in [0.15, 0.2) is 42.5 Å². The van der Waals surface area contributed by atoms with Crippen LogP contribution in [0.2, 0.25) is 0 Å². The van der Waals surface area contributed by atoms with Crippen molar-refractivity contribution in [3.63, 3.8) is 0 Å². The number of amides is 1. The van der Waals surface area contributed by atoms with Gasteiger partial charge in [0.05, 0.1) is 5.56 Å². The third kappa shape index (κ3) is 3.67. The lowest BCUT2D eigenvalue weighted by atomic mass is 10.2. The number of hydrogen-bond acceptors (Lipinski definition) is 1. The number of anilines is 1. The van der Waals surface area contributed by atoms with Gasteiger partial charge in [-0.25, -0.2) is 4.39 Å². The highest BCUT2D eigenvalue weighted by molar-refractivity contribution is 14.1. The Morgan fingerprint density at radius 2 is 1.89 bits per heavy atom. The number of alkyl halides is 1. The first-order valence-electron chi connectivity index (χ1n) is 5.51. The summed E-state index contributed by atoms with van der Waals surface area (Å²) in [5.41, 5.74) is 2.11. The molecule has 0 fully saturated rings. The summed E-state index contributed by atoms with van der Waals surface area (Å²) in [6, 6.07) is 11.3. The first-order valence-corrected chi connectivity index (χ1v) is 7.13. The zero-order valence-electron chi connectivity index (χ0n) is 9.79. The molecule has 1 N–H and O–H groups in total. The Hall–Kier alpha value is -1.14. The summed E-state index contributed by atoms with van der Waals surface area (Å²) in [5, 5.41) is 2.76. The van der Waals surface area contributed by atoms with Gasteiger partial charge in [-0.05, 0) is 58.5 Å². The van der Waals surface area contributed by atoms with Crippen LogP contribution in [-0.2, 0) is 5.88 Å². The lowest BCUT2D eigenvalue weighted by Crippen LogP contribution is -2.13. The van der Waals surface area contributed by atoms with Gasteiger partial charge < -0.3 is 5.32 Å². The molecule has 0 heterocycles. The highest BCUT2D eigenvalue weighted by Gasteiger charge is 2.10. The number of hydrogen-bond donors (Lipinski definition) is 1. The molecular formula is C14H10ClFINO. The standard InChI is InChI=1S/C14H10ClFINO/c15-8-9-1-4-11(5-2-9)18-14(19)12-6-3-10(16)7-13(12)17/h1-7H,8H2,(H,18,19). The average Bonchev–Trinajstić information content (AvgIpc) is 2.39. The maximum absolute atomic E-state index is 13.0. The van der Waals surface area contributed by atoms with Crippen LogP contribution in [0, 0.1) is 9.39 Å². The first kappa shape index (κ1) is 14.3. The number of nitrogens with one attached hydrogen (secondary N) is 1. The summed E-state index contributed by atoms with van der Waals surface area (Å²) in [6.07, 6.45) is 0. The largest absolute Gasteiger partial charge is 0.322 e. The minimum atomic E-state index is -0.354. The van der Waals surface area contributed by atoms with Crippen molar-refractivity contribution < 1.29 is 9.18 Å². The second kappa shape index (κ2) is 6.34. The van der Waals surface area contributed by atoms with Gasteiger partial charge in [0.1, 0.15) is 5.82 Å². The summed E-state index contributed by atoms with van der Waals surface area (Å²) in [7, 11) is 0. The minimum Gasteiger partial charge on any atom is -0.322 e. The van der Waals surface area contributed by atoms with Crippen LogP contribution in [0.4, 0.5) is 10.1 Å². The molecule has 1 amide bonds. The maximum atomic E-state index is 13.0. The molecule has 0 radical (unpaired) electrons. The Balaban J connectivity index is 2.15. The van der Waals surface area contributed by atoms with Gasteiger partial charge in [-0.2, -0.15) is 0 Å². The highest BCUT2D eigenvalue weighted by atomic mass is 127. The predicted molar refractivity (Wildman–Crippen MR) is 83.1 cm³/mol. The molecule has 0 saturated heterocycles. The average molecular weight is 390 g/mol. The summed E-state index contributed by atoms with van der Waals surface area (Å²) in [5.74, 6) is -0.181. The van der Waals surface area contributed by atoms with Crippen LogP contribution in [0.5, 0.6) is 0 Å². The lowest BCUT2D eigenvalue weighted by molar-refractivity contribution is 0.102. The Kier molecular flexibility index (Phi) is 4.76. The van der Waals surface area contributed by atoms with E-state index in [1.54, 1.807) is 12.1 Å². The Labute approximate surface area is 129 Å². The molecule has 0 aromatic heterocycles.